The van der Waals surface area contributed by atoms with Gasteiger partial charge in [0.05, 0.1) is 17.4 Å². The lowest BCUT2D eigenvalue weighted by Gasteiger charge is -2.09. The molecule has 2 N–H and O–H groups in total. The van der Waals surface area contributed by atoms with Crippen molar-refractivity contribution in [3.05, 3.63) is 30.1 Å². The van der Waals surface area contributed by atoms with Gasteiger partial charge in [-0.05, 0) is 30.5 Å². The monoisotopic (exact) mass is 246 g/mol. The predicted molar refractivity (Wildman–Crippen MR) is 70.6 cm³/mol. The van der Waals surface area contributed by atoms with E-state index in [1.807, 2.05) is 11.6 Å². The van der Waals surface area contributed by atoms with Crippen molar-refractivity contribution in [2.75, 3.05) is 7.05 Å². The van der Waals surface area contributed by atoms with Crippen molar-refractivity contribution in [1.29, 1.82) is 0 Å². The fourth-order valence-electron chi connectivity index (χ4n) is 1.96. The first-order chi connectivity index (χ1) is 8.58. The van der Waals surface area contributed by atoms with Crippen LogP contribution in [0.2, 0.25) is 0 Å². The minimum Gasteiger partial charge on any atom is -0.334 e. The SMILES string of the molecule is CN(N)C(=O)CCCc1ccc2c(c1)ncn2C. The van der Waals surface area contributed by atoms with E-state index in [4.69, 9.17) is 5.84 Å². The van der Waals surface area contributed by atoms with E-state index in [1.165, 1.54) is 5.56 Å². The van der Waals surface area contributed by atoms with Gasteiger partial charge in [0.15, 0.2) is 0 Å². The number of carbonyl (C=O) groups excluding carboxylic acids is 1. The van der Waals surface area contributed by atoms with Crippen LogP contribution in [0.1, 0.15) is 18.4 Å². The second kappa shape index (κ2) is 5.18. The van der Waals surface area contributed by atoms with Gasteiger partial charge in [0.1, 0.15) is 0 Å². The molecular formula is C13H18N4O. The minimum atomic E-state index is -0.0334. The van der Waals surface area contributed by atoms with E-state index in [0.717, 1.165) is 28.9 Å². The number of hydrogen-bond donors (Lipinski definition) is 1. The third kappa shape index (κ3) is 2.68. The highest BCUT2D eigenvalue weighted by molar-refractivity contribution is 5.76. The average Bonchev–Trinajstić information content (AvgIpc) is 2.70. The van der Waals surface area contributed by atoms with E-state index in [0.29, 0.717) is 6.42 Å². The van der Waals surface area contributed by atoms with Crippen molar-refractivity contribution in [2.45, 2.75) is 19.3 Å². The van der Waals surface area contributed by atoms with Gasteiger partial charge in [-0.2, -0.15) is 0 Å². The lowest BCUT2D eigenvalue weighted by Crippen LogP contribution is -2.32. The summed E-state index contributed by atoms with van der Waals surface area (Å²) < 4.78 is 1.99. The van der Waals surface area contributed by atoms with Crippen LogP contribution in [0.15, 0.2) is 24.5 Å². The van der Waals surface area contributed by atoms with Crippen LogP contribution in [-0.2, 0) is 18.3 Å². The predicted octanol–water partition coefficient (Wildman–Crippen LogP) is 1.23. The topological polar surface area (TPSA) is 64.2 Å². The maximum Gasteiger partial charge on any atom is 0.236 e. The molecule has 0 saturated carbocycles. The Bertz CT molecular complexity index is 559. The Kier molecular flexibility index (Phi) is 3.62. The summed E-state index contributed by atoms with van der Waals surface area (Å²) in [6, 6.07) is 6.22. The molecule has 0 saturated heterocycles. The van der Waals surface area contributed by atoms with Crippen molar-refractivity contribution < 1.29 is 4.79 Å². The molecule has 1 aromatic heterocycles. The molecule has 0 radical (unpaired) electrons. The van der Waals surface area contributed by atoms with Crippen LogP contribution in [-0.4, -0.2) is 27.5 Å². The van der Waals surface area contributed by atoms with E-state index >= 15 is 0 Å². The fraction of sp³-hybridized carbons (Fsp3) is 0.385. The summed E-state index contributed by atoms with van der Waals surface area (Å²) in [7, 11) is 3.55. The van der Waals surface area contributed by atoms with Crippen LogP contribution >= 0.6 is 0 Å². The minimum absolute atomic E-state index is 0.0334. The number of amides is 1. The molecule has 0 bridgehead atoms. The number of fused-ring (bicyclic) bond motifs is 1. The van der Waals surface area contributed by atoms with Crippen LogP contribution in [0.3, 0.4) is 0 Å². The first kappa shape index (κ1) is 12.6. The number of aromatic nitrogens is 2. The van der Waals surface area contributed by atoms with Crippen LogP contribution in [0.5, 0.6) is 0 Å². The molecule has 0 spiro atoms. The number of imidazole rings is 1. The van der Waals surface area contributed by atoms with E-state index in [9.17, 15) is 4.79 Å². The van der Waals surface area contributed by atoms with Crippen LogP contribution in [0, 0.1) is 0 Å². The molecule has 2 rings (SSSR count). The third-order valence-electron chi connectivity index (χ3n) is 3.04. The largest absolute Gasteiger partial charge is 0.334 e. The molecule has 96 valence electrons. The molecule has 0 aliphatic carbocycles. The zero-order valence-electron chi connectivity index (χ0n) is 10.8. The van der Waals surface area contributed by atoms with E-state index in [-0.39, 0.29) is 5.91 Å². The summed E-state index contributed by atoms with van der Waals surface area (Å²) in [5.74, 6) is 5.33. The molecule has 0 atom stereocenters. The average molecular weight is 246 g/mol. The van der Waals surface area contributed by atoms with Gasteiger partial charge in [-0.25, -0.2) is 10.8 Å². The third-order valence-corrected chi connectivity index (χ3v) is 3.04. The molecule has 5 nitrogen and oxygen atoms in total. The molecule has 1 heterocycles. The normalized spacial score (nSPS) is 10.8. The number of aryl methyl sites for hydroxylation is 2. The fourth-order valence-corrected chi connectivity index (χ4v) is 1.96. The van der Waals surface area contributed by atoms with Gasteiger partial charge in [-0.15, -0.1) is 0 Å². The number of nitrogens with zero attached hydrogens (tertiary/aromatic N) is 3. The second-order valence-electron chi connectivity index (χ2n) is 4.54. The highest BCUT2D eigenvalue weighted by atomic mass is 16.2. The smallest absolute Gasteiger partial charge is 0.236 e. The highest BCUT2D eigenvalue weighted by Crippen LogP contribution is 2.15. The van der Waals surface area contributed by atoms with E-state index < -0.39 is 0 Å². The molecule has 0 aliphatic heterocycles. The summed E-state index contributed by atoms with van der Waals surface area (Å²) in [6.45, 7) is 0. The highest BCUT2D eigenvalue weighted by Gasteiger charge is 2.05. The zero-order valence-corrected chi connectivity index (χ0v) is 10.8. The first-order valence-electron chi connectivity index (χ1n) is 5.99. The van der Waals surface area contributed by atoms with Crippen molar-refractivity contribution >= 4 is 16.9 Å². The molecule has 0 aliphatic rings. The maximum absolute atomic E-state index is 11.3. The Labute approximate surface area is 106 Å². The number of carbonyl (C=O) groups is 1. The number of hydrogen-bond acceptors (Lipinski definition) is 3. The number of benzene rings is 1. The Morgan fingerprint density at radius 2 is 2.28 bits per heavy atom. The van der Waals surface area contributed by atoms with Crippen LogP contribution in [0.4, 0.5) is 0 Å². The summed E-state index contributed by atoms with van der Waals surface area (Å²) in [5.41, 5.74) is 3.32. The summed E-state index contributed by atoms with van der Waals surface area (Å²) in [6.07, 6.45) is 3.96. The number of hydrazine groups is 1. The van der Waals surface area contributed by atoms with E-state index in [2.05, 4.69) is 23.2 Å². The molecule has 0 unspecified atom stereocenters. The molecule has 1 amide bonds. The Balaban J connectivity index is 1.98. The maximum atomic E-state index is 11.3. The summed E-state index contributed by atoms with van der Waals surface area (Å²) >= 11 is 0. The molecule has 5 heteroatoms. The van der Waals surface area contributed by atoms with Crippen molar-refractivity contribution in [3.8, 4) is 0 Å². The molecule has 2 aromatic rings. The Morgan fingerprint density at radius 1 is 1.50 bits per heavy atom. The number of rotatable bonds is 4. The van der Waals surface area contributed by atoms with Crippen molar-refractivity contribution in [1.82, 2.24) is 14.6 Å². The quantitative estimate of drug-likeness (QED) is 0.501. The second-order valence-corrected chi connectivity index (χ2v) is 4.54. The van der Waals surface area contributed by atoms with Gasteiger partial charge in [-0.3, -0.25) is 9.80 Å². The van der Waals surface area contributed by atoms with Gasteiger partial charge in [0.25, 0.3) is 0 Å². The van der Waals surface area contributed by atoms with Gasteiger partial charge >= 0.3 is 0 Å². The standard InChI is InChI=1S/C13H18N4O/c1-16-9-15-11-8-10(6-7-12(11)16)4-3-5-13(18)17(2)14/h6-9H,3-5,14H2,1-2H3. The molecule has 1 aromatic carbocycles. The number of nitrogens with two attached hydrogens (primary N) is 1. The van der Waals surface area contributed by atoms with Crippen LogP contribution < -0.4 is 5.84 Å². The van der Waals surface area contributed by atoms with Gasteiger partial charge < -0.3 is 4.57 Å². The van der Waals surface area contributed by atoms with Gasteiger partial charge in [0.2, 0.25) is 5.91 Å². The lowest BCUT2D eigenvalue weighted by atomic mass is 10.1. The molecule has 0 fully saturated rings. The summed E-state index contributed by atoms with van der Waals surface area (Å²) in [4.78, 5) is 15.7. The summed E-state index contributed by atoms with van der Waals surface area (Å²) in [5, 5.41) is 1.14. The van der Waals surface area contributed by atoms with E-state index in [1.54, 1.807) is 13.4 Å². The molecule has 18 heavy (non-hydrogen) atoms. The van der Waals surface area contributed by atoms with Crippen molar-refractivity contribution in [2.24, 2.45) is 12.9 Å². The van der Waals surface area contributed by atoms with Crippen LogP contribution in [0.25, 0.3) is 11.0 Å². The zero-order chi connectivity index (χ0) is 13.1. The Hall–Kier alpha value is -1.88. The van der Waals surface area contributed by atoms with Crippen molar-refractivity contribution in [3.63, 3.8) is 0 Å². The molecular weight excluding hydrogens is 228 g/mol. The Morgan fingerprint density at radius 3 is 3.00 bits per heavy atom. The van der Waals surface area contributed by atoms with Gasteiger partial charge in [0, 0.05) is 20.5 Å². The lowest BCUT2D eigenvalue weighted by molar-refractivity contribution is -0.130. The first-order valence-corrected chi connectivity index (χ1v) is 5.99. The van der Waals surface area contributed by atoms with Gasteiger partial charge in [-0.1, -0.05) is 6.07 Å².